The second-order valence-electron chi connectivity index (χ2n) is 11.7. The minimum absolute atomic E-state index is 0.135. The second kappa shape index (κ2) is 6.22. The minimum atomic E-state index is -0.135. The summed E-state index contributed by atoms with van der Waals surface area (Å²) in [6.07, 6.45) is 11.6. The van der Waals surface area contributed by atoms with Crippen LogP contribution in [0.5, 0.6) is 0 Å². The predicted molar refractivity (Wildman–Crippen MR) is 110 cm³/mol. The minimum Gasteiger partial charge on any atom is -0.466 e. The fourth-order valence-corrected chi connectivity index (χ4v) is 9.92. The lowest BCUT2D eigenvalue weighted by Crippen LogP contribution is -2.57. The maximum absolute atomic E-state index is 11.3. The molecule has 0 aromatic heterocycles. The Kier molecular flexibility index (Phi) is 4.31. The molecule has 0 aromatic rings. The van der Waals surface area contributed by atoms with Gasteiger partial charge < -0.3 is 9.47 Å². The predicted octanol–water partition coefficient (Wildman–Crippen LogP) is 5.47. The molecule has 3 nitrogen and oxygen atoms in total. The summed E-state index contributed by atoms with van der Waals surface area (Å²) in [6.45, 7) is 9.68. The summed E-state index contributed by atoms with van der Waals surface area (Å²) < 4.78 is 11.6. The van der Waals surface area contributed by atoms with Crippen LogP contribution in [0.4, 0.5) is 0 Å². The Balaban J connectivity index is 1.40. The molecule has 0 aliphatic heterocycles. The summed E-state index contributed by atoms with van der Waals surface area (Å²) in [5.74, 6) is 4.57. The van der Waals surface area contributed by atoms with E-state index in [1.807, 2.05) is 7.11 Å². The molecule has 0 aromatic carbocycles. The second-order valence-corrected chi connectivity index (χ2v) is 11.7. The van der Waals surface area contributed by atoms with E-state index in [1.54, 1.807) is 0 Å². The van der Waals surface area contributed by atoms with Crippen molar-refractivity contribution < 1.29 is 14.3 Å². The first kappa shape index (κ1) is 19.4. The molecule has 0 radical (unpaired) electrons. The highest BCUT2D eigenvalue weighted by Gasteiger charge is 2.77. The van der Waals surface area contributed by atoms with E-state index >= 15 is 0 Å². The molecule has 0 N–H and O–H groups in total. The Labute approximate surface area is 171 Å². The molecule has 0 bridgehead atoms. The Bertz CT molecular complexity index is 660. The lowest BCUT2D eigenvalue weighted by atomic mass is 9.45. The first-order valence-electron chi connectivity index (χ1n) is 11.9. The summed E-state index contributed by atoms with van der Waals surface area (Å²) >= 11 is 0. The van der Waals surface area contributed by atoms with E-state index in [1.165, 1.54) is 58.3 Å². The molecule has 5 aliphatic rings. The number of fused-ring (bicyclic) bond motifs is 4. The van der Waals surface area contributed by atoms with Gasteiger partial charge in [-0.1, -0.05) is 20.8 Å². The molecule has 10 atom stereocenters. The smallest absolute Gasteiger partial charge is 0.302 e. The van der Waals surface area contributed by atoms with Crippen LogP contribution < -0.4 is 0 Å². The molecule has 1 spiro atoms. The van der Waals surface area contributed by atoms with Gasteiger partial charge in [0.05, 0.1) is 12.7 Å². The first-order valence-corrected chi connectivity index (χ1v) is 11.9. The monoisotopic (exact) mass is 388 g/mol. The first-order chi connectivity index (χ1) is 13.3. The van der Waals surface area contributed by atoms with Gasteiger partial charge in [-0.15, -0.1) is 0 Å². The number of methoxy groups -OCH3 is 1. The van der Waals surface area contributed by atoms with Crippen molar-refractivity contribution in [1.29, 1.82) is 0 Å². The van der Waals surface area contributed by atoms with E-state index in [0.29, 0.717) is 40.8 Å². The largest absolute Gasteiger partial charge is 0.466 e. The molecule has 3 heteroatoms. The van der Waals surface area contributed by atoms with E-state index in [9.17, 15) is 4.79 Å². The van der Waals surface area contributed by atoms with Crippen LogP contribution in [-0.4, -0.2) is 25.8 Å². The van der Waals surface area contributed by atoms with Crippen molar-refractivity contribution in [2.45, 2.75) is 85.2 Å². The maximum Gasteiger partial charge on any atom is 0.302 e. The van der Waals surface area contributed by atoms with Gasteiger partial charge in [-0.25, -0.2) is 0 Å². The third-order valence-electron chi connectivity index (χ3n) is 11.1. The Morgan fingerprint density at radius 2 is 1.89 bits per heavy atom. The summed E-state index contributed by atoms with van der Waals surface area (Å²) in [5.41, 5.74) is 1.46. The van der Waals surface area contributed by atoms with Gasteiger partial charge in [0, 0.05) is 19.4 Å². The third kappa shape index (κ3) is 2.29. The van der Waals surface area contributed by atoms with Crippen molar-refractivity contribution in [1.82, 2.24) is 0 Å². The topological polar surface area (TPSA) is 35.5 Å². The summed E-state index contributed by atoms with van der Waals surface area (Å²) in [5, 5.41) is 0. The lowest BCUT2D eigenvalue weighted by molar-refractivity contribution is -0.162. The molecule has 0 unspecified atom stereocenters. The quantitative estimate of drug-likeness (QED) is 0.599. The lowest BCUT2D eigenvalue weighted by Gasteiger charge is -2.61. The van der Waals surface area contributed by atoms with Gasteiger partial charge in [0.1, 0.15) is 0 Å². The Hall–Kier alpha value is -0.570. The number of carbonyl (C=O) groups is 1. The standard InChI is InChI=1S/C25H40O3/c1-15(14-28-16(2)26)19-6-7-20-18-12-22(27-5)25-13-17(25)8-11-24(25,4)21(18)9-10-23(19,20)3/h15,17-22H,6-14H2,1-5H3/t15-,17+,18+,19-,20+,21+,22-,23-,24-,25+/m1/s1. The summed E-state index contributed by atoms with van der Waals surface area (Å²) in [4.78, 5) is 11.3. The molecular weight excluding hydrogens is 348 g/mol. The highest BCUT2D eigenvalue weighted by atomic mass is 16.5. The number of carbonyl (C=O) groups excluding carboxylic acids is 1. The molecule has 5 fully saturated rings. The molecule has 28 heavy (non-hydrogen) atoms. The van der Waals surface area contributed by atoms with E-state index in [2.05, 4.69) is 20.8 Å². The van der Waals surface area contributed by atoms with Crippen LogP contribution >= 0.6 is 0 Å². The van der Waals surface area contributed by atoms with Crippen molar-refractivity contribution in [2.24, 2.45) is 51.8 Å². The van der Waals surface area contributed by atoms with Gasteiger partial charge in [-0.05, 0) is 97.7 Å². The van der Waals surface area contributed by atoms with Gasteiger partial charge in [-0.2, -0.15) is 0 Å². The SMILES string of the molecule is CO[C@@H]1C[C@H]2[C@@H]3CC[C@H]([C@H](C)COC(C)=O)[C@@]3(C)CC[C@@H]2[C@@]2(C)CC[C@H]3C[C@]312. The average molecular weight is 389 g/mol. The zero-order chi connectivity index (χ0) is 19.9. The number of esters is 1. The number of ether oxygens (including phenoxy) is 2. The van der Waals surface area contributed by atoms with Crippen LogP contribution in [-0.2, 0) is 14.3 Å². The molecule has 5 rings (SSSR count). The maximum atomic E-state index is 11.3. The highest BCUT2D eigenvalue weighted by Crippen LogP contribution is 2.82. The molecule has 0 heterocycles. The van der Waals surface area contributed by atoms with E-state index in [0.717, 1.165) is 23.7 Å². The van der Waals surface area contributed by atoms with Gasteiger partial charge >= 0.3 is 5.97 Å². The van der Waals surface area contributed by atoms with Crippen molar-refractivity contribution in [3.8, 4) is 0 Å². The Morgan fingerprint density at radius 1 is 1.11 bits per heavy atom. The fourth-order valence-electron chi connectivity index (χ4n) is 9.92. The third-order valence-corrected chi connectivity index (χ3v) is 11.1. The number of hydrogen-bond acceptors (Lipinski definition) is 3. The van der Waals surface area contributed by atoms with Crippen LogP contribution in [0.1, 0.15) is 79.1 Å². The normalized spacial score (nSPS) is 54.9. The number of hydrogen-bond donors (Lipinski definition) is 0. The summed E-state index contributed by atoms with van der Waals surface area (Å²) in [7, 11) is 1.98. The molecule has 5 aliphatic carbocycles. The zero-order valence-corrected chi connectivity index (χ0v) is 18.6. The summed E-state index contributed by atoms with van der Waals surface area (Å²) in [6, 6.07) is 0. The van der Waals surface area contributed by atoms with Crippen molar-refractivity contribution >= 4 is 5.97 Å². The van der Waals surface area contributed by atoms with Gasteiger partial charge in [0.15, 0.2) is 0 Å². The van der Waals surface area contributed by atoms with Crippen LogP contribution in [0.25, 0.3) is 0 Å². The van der Waals surface area contributed by atoms with E-state index in [-0.39, 0.29) is 5.97 Å². The van der Waals surface area contributed by atoms with Crippen molar-refractivity contribution in [2.75, 3.05) is 13.7 Å². The molecule has 0 amide bonds. The molecule has 5 saturated carbocycles. The fraction of sp³-hybridized carbons (Fsp3) is 0.960. The number of rotatable bonds is 4. The van der Waals surface area contributed by atoms with E-state index < -0.39 is 0 Å². The van der Waals surface area contributed by atoms with Gasteiger partial charge in [0.25, 0.3) is 0 Å². The van der Waals surface area contributed by atoms with Gasteiger partial charge in [0.2, 0.25) is 0 Å². The van der Waals surface area contributed by atoms with Crippen LogP contribution in [0.15, 0.2) is 0 Å². The molecule has 0 saturated heterocycles. The molecule has 158 valence electrons. The van der Waals surface area contributed by atoms with Crippen LogP contribution in [0, 0.1) is 51.8 Å². The van der Waals surface area contributed by atoms with E-state index in [4.69, 9.17) is 9.47 Å². The Morgan fingerprint density at radius 3 is 2.57 bits per heavy atom. The zero-order valence-electron chi connectivity index (χ0n) is 18.6. The van der Waals surface area contributed by atoms with Crippen LogP contribution in [0.2, 0.25) is 0 Å². The highest BCUT2D eigenvalue weighted by molar-refractivity contribution is 5.65. The van der Waals surface area contributed by atoms with Gasteiger partial charge in [-0.3, -0.25) is 4.79 Å². The average Bonchev–Trinajstić information content (AvgIpc) is 3.16. The molecular formula is C25H40O3. The van der Waals surface area contributed by atoms with Crippen LogP contribution in [0.3, 0.4) is 0 Å². The van der Waals surface area contributed by atoms with Crippen molar-refractivity contribution in [3.63, 3.8) is 0 Å². The van der Waals surface area contributed by atoms with Crippen molar-refractivity contribution in [3.05, 3.63) is 0 Å².